The van der Waals surface area contributed by atoms with Crippen LogP contribution in [0.4, 0.5) is 19.0 Å². The van der Waals surface area contributed by atoms with Crippen molar-refractivity contribution in [3.63, 3.8) is 0 Å². The number of halogens is 4. The van der Waals surface area contributed by atoms with Gasteiger partial charge in [0.2, 0.25) is 0 Å². The lowest BCUT2D eigenvalue weighted by Gasteiger charge is -2.17. The van der Waals surface area contributed by atoms with Gasteiger partial charge in [-0.15, -0.1) is 24.0 Å². The van der Waals surface area contributed by atoms with E-state index in [1.165, 1.54) is 12.1 Å². The van der Waals surface area contributed by atoms with E-state index in [1.807, 2.05) is 31.1 Å². The van der Waals surface area contributed by atoms with E-state index in [0.29, 0.717) is 19.0 Å². The van der Waals surface area contributed by atoms with Crippen LogP contribution in [-0.2, 0) is 13.1 Å². The van der Waals surface area contributed by atoms with Crippen molar-refractivity contribution in [3.8, 4) is 5.75 Å². The average Bonchev–Trinajstić information content (AvgIpc) is 2.67. The highest BCUT2D eigenvalue weighted by atomic mass is 127. The minimum atomic E-state index is -4.35. The molecule has 1 aromatic heterocycles. The number of rotatable bonds is 7. The Bertz CT molecular complexity index is 782. The van der Waals surface area contributed by atoms with E-state index in [9.17, 15) is 13.2 Å². The van der Waals surface area contributed by atoms with E-state index in [1.54, 1.807) is 25.4 Å². The molecule has 0 bridgehead atoms. The summed E-state index contributed by atoms with van der Waals surface area (Å²) in [6, 6.07) is 10.3. The zero-order valence-electron chi connectivity index (χ0n) is 16.5. The van der Waals surface area contributed by atoms with Gasteiger partial charge in [0.25, 0.3) is 0 Å². The first-order chi connectivity index (χ1) is 13.3. The number of aliphatic imine (C=N–C) groups is 1. The second-order valence-electron chi connectivity index (χ2n) is 6.21. The molecule has 0 aliphatic carbocycles. The van der Waals surface area contributed by atoms with E-state index < -0.39 is 12.8 Å². The van der Waals surface area contributed by atoms with E-state index in [4.69, 9.17) is 4.74 Å². The third-order valence-electron chi connectivity index (χ3n) is 3.75. The van der Waals surface area contributed by atoms with Gasteiger partial charge in [0.05, 0.1) is 0 Å². The van der Waals surface area contributed by atoms with Crippen LogP contribution in [0.25, 0.3) is 0 Å². The Kier molecular flexibility index (Phi) is 9.99. The zero-order chi connectivity index (χ0) is 20.6. The molecular formula is C19H25F3IN5O. The third kappa shape index (κ3) is 8.75. The minimum Gasteiger partial charge on any atom is -0.484 e. The number of guanidine groups is 1. The van der Waals surface area contributed by atoms with Crippen molar-refractivity contribution in [3.05, 3.63) is 53.7 Å². The molecule has 0 saturated carbocycles. The molecule has 0 atom stereocenters. The lowest BCUT2D eigenvalue weighted by Crippen LogP contribution is -2.36. The summed E-state index contributed by atoms with van der Waals surface area (Å²) in [6.07, 6.45) is -2.60. The van der Waals surface area contributed by atoms with Gasteiger partial charge >= 0.3 is 6.18 Å². The van der Waals surface area contributed by atoms with Crippen LogP contribution in [0.1, 0.15) is 11.1 Å². The molecule has 2 rings (SSSR count). The molecule has 0 radical (unpaired) electrons. The van der Waals surface area contributed by atoms with Gasteiger partial charge in [-0.3, -0.25) is 4.99 Å². The summed E-state index contributed by atoms with van der Waals surface area (Å²) in [5, 5.41) is 6.39. The molecule has 0 unspecified atom stereocenters. The van der Waals surface area contributed by atoms with Gasteiger partial charge in [0.15, 0.2) is 12.6 Å². The maximum Gasteiger partial charge on any atom is 0.422 e. The number of nitrogens with zero attached hydrogens (tertiary/aromatic N) is 3. The van der Waals surface area contributed by atoms with Crippen molar-refractivity contribution < 1.29 is 17.9 Å². The number of hydrogen-bond donors (Lipinski definition) is 2. The number of hydrogen-bond acceptors (Lipinski definition) is 4. The Balaban J connectivity index is 0.00000420. The summed E-state index contributed by atoms with van der Waals surface area (Å²) in [4.78, 5) is 10.5. The first kappa shape index (κ1) is 24.8. The number of alkyl halides is 3. The number of ether oxygens (including phenoxy) is 1. The van der Waals surface area contributed by atoms with E-state index in [2.05, 4.69) is 20.6 Å². The fourth-order valence-corrected chi connectivity index (χ4v) is 2.42. The molecule has 29 heavy (non-hydrogen) atoms. The monoisotopic (exact) mass is 523 g/mol. The van der Waals surface area contributed by atoms with E-state index >= 15 is 0 Å². The van der Waals surface area contributed by atoms with Crippen LogP contribution in [-0.4, -0.2) is 44.9 Å². The SMILES string of the molecule is CN=C(NCc1ccc(OCC(F)(F)F)cc1)NCc1cccnc1N(C)C.I. The standard InChI is InChI=1S/C19H24F3N5O.HI/c1-23-18(26-12-15-5-4-10-24-17(15)27(2)3)25-11-14-6-8-16(9-7-14)28-13-19(20,21)22;/h4-10H,11-13H2,1-3H3,(H2,23,25,26);1H. The average molecular weight is 523 g/mol. The highest BCUT2D eigenvalue weighted by Gasteiger charge is 2.28. The maximum absolute atomic E-state index is 12.2. The van der Waals surface area contributed by atoms with Crippen LogP contribution < -0.4 is 20.3 Å². The molecular weight excluding hydrogens is 498 g/mol. The fraction of sp³-hybridized carbons (Fsp3) is 0.368. The molecule has 0 aliphatic rings. The van der Waals surface area contributed by atoms with Gasteiger partial charge < -0.3 is 20.3 Å². The first-order valence-electron chi connectivity index (χ1n) is 8.62. The molecule has 1 heterocycles. The minimum absolute atomic E-state index is 0. The van der Waals surface area contributed by atoms with Crippen LogP contribution in [0, 0.1) is 0 Å². The number of benzene rings is 1. The first-order valence-corrected chi connectivity index (χ1v) is 8.62. The Morgan fingerprint density at radius 2 is 1.76 bits per heavy atom. The summed E-state index contributed by atoms with van der Waals surface area (Å²) in [6.45, 7) is -0.289. The van der Waals surface area contributed by atoms with Crippen molar-refractivity contribution >= 4 is 35.8 Å². The molecule has 160 valence electrons. The predicted octanol–water partition coefficient (Wildman–Crippen LogP) is 3.57. The smallest absolute Gasteiger partial charge is 0.422 e. The van der Waals surface area contributed by atoms with Crippen molar-refractivity contribution in [2.45, 2.75) is 19.3 Å². The molecule has 1 aromatic carbocycles. The van der Waals surface area contributed by atoms with Crippen molar-refractivity contribution in [2.24, 2.45) is 4.99 Å². The van der Waals surface area contributed by atoms with Crippen LogP contribution in [0.5, 0.6) is 5.75 Å². The Hall–Kier alpha value is -2.24. The van der Waals surface area contributed by atoms with Crippen LogP contribution >= 0.6 is 24.0 Å². The quantitative estimate of drug-likeness (QED) is 0.330. The number of nitrogens with one attached hydrogen (secondary N) is 2. The summed E-state index contributed by atoms with van der Waals surface area (Å²) < 4.78 is 41.2. The Labute approximate surface area is 185 Å². The van der Waals surface area contributed by atoms with Gasteiger partial charge in [-0.25, -0.2) is 4.98 Å². The van der Waals surface area contributed by atoms with Crippen molar-refractivity contribution in [1.29, 1.82) is 0 Å². The molecule has 6 nitrogen and oxygen atoms in total. The van der Waals surface area contributed by atoms with Crippen LogP contribution in [0.2, 0.25) is 0 Å². The molecule has 0 spiro atoms. The predicted molar refractivity (Wildman–Crippen MR) is 119 cm³/mol. The molecule has 2 N–H and O–H groups in total. The van der Waals surface area contributed by atoms with E-state index in [0.717, 1.165) is 16.9 Å². The summed E-state index contributed by atoms with van der Waals surface area (Å²) in [7, 11) is 5.53. The fourth-order valence-electron chi connectivity index (χ4n) is 2.42. The van der Waals surface area contributed by atoms with Gasteiger partial charge in [-0.2, -0.15) is 13.2 Å². The lowest BCUT2D eigenvalue weighted by atomic mass is 10.2. The molecule has 0 amide bonds. The van der Waals surface area contributed by atoms with Gasteiger partial charge in [-0.1, -0.05) is 18.2 Å². The molecule has 0 saturated heterocycles. The van der Waals surface area contributed by atoms with Gasteiger partial charge in [0.1, 0.15) is 11.6 Å². The number of anilines is 1. The number of aromatic nitrogens is 1. The maximum atomic E-state index is 12.2. The number of pyridine rings is 1. The van der Waals surface area contributed by atoms with Crippen LogP contribution in [0.3, 0.4) is 0 Å². The molecule has 0 fully saturated rings. The van der Waals surface area contributed by atoms with Crippen molar-refractivity contribution in [2.75, 3.05) is 32.6 Å². The van der Waals surface area contributed by atoms with Gasteiger partial charge in [-0.05, 0) is 23.8 Å². The van der Waals surface area contributed by atoms with Gasteiger partial charge in [0, 0.05) is 46.0 Å². The molecule has 2 aromatic rings. The Morgan fingerprint density at radius 1 is 1.10 bits per heavy atom. The second kappa shape index (κ2) is 11.7. The highest BCUT2D eigenvalue weighted by Crippen LogP contribution is 2.19. The highest BCUT2D eigenvalue weighted by molar-refractivity contribution is 14.0. The second-order valence-corrected chi connectivity index (χ2v) is 6.21. The zero-order valence-corrected chi connectivity index (χ0v) is 18.8. The van der Waals surface area contributed by atoms with Crippen LogP contribution in [0.15, 0.2) is 47.6 Å². The molecule has 0 aliphatic heterocycles. The molecule has 10 heteroatoms. The summed E-state index contributed by atoms with van der Waals surface area (Å²) in [5.41, 5.74) is 1.92. The normalized spacial score (nSPS) is 11.4. The topological polar surface area (TPSA) is 61.8 Å². The summed E-state index contributed by atoms with van der Waals surface area (Å²) >= 11 is 0. The lowest BCUT2D eigenvalue weighted by molar-refractivity contribution is -0.153. The van der Waals surface area contributed by atoms with E-state index in [-0.39, 0.29) is 29.7 Å². The van der Waals surface area contributed by atoms with Crippen molar-refractivity contribution in [1.82, 2.24) is 15.6 Å². The largest absolute Gasteiger partial charge is 0.484 e. The Morgan fingerprint density at radius 3 is 2.34 bits per heavy atom. The third-order valence-corrected chi connectivity index (χ3v) is 3.75. The summed E-state index contributed by atoms with van der Waals surface area (Å²) in [5.74, 6) is 1.65.